The zero-order valence-corrected chi connectivity index (χ0v) is 6.62. The van der Waals surface area contributed by atoms with Crippen molar-refractivity contribution in [2.45, 2.75) is 19.9 Å². The standard InChI is InChI=1S/C7H9FN2O2/c1-2-10-7(8)5(4-9-10)3-6(11)12/h4H,2-3H2,1H3,(H,11,12). The molecule has 66 valence electrons. The van der Waals surface area contributed by atoms with Gasteiger partial charge in [-0.3, -0.25) is 4.79 Å². The Morgan fingerprint density at radius 2 is 2.50 bits per heavy atom. The Bertz CT molecular complexity index is 296. The topological polar surface area (TPSA) is 55.1 Å². The molecule has 0 unspecified atom stereocenters. The van der Waals surface area contributed by atoms with Crippen LogP contribution in [0.15, 0.2) is 6.20 Å². The minimum absolute atomic E-state index is 0.129. The van der Waals surface area contributed by atoms with Crippen molar-refractivity contribution in [3.05, 3.63) is 17.7 Å². The molecule has 0 radical (unpaired) electrons. The molecule has 4 nitrogen and oxygen atoms in total. The van der Waals surface area contributed by atoms with E-state index in [1.807, 2.05) is 0 Å². The van der Waals surface area contributed by atoms with Gasteiger partial charge in [-0.25, -0.2) is 4.68 Å². The van der Waals surface area contributed by atoms with E-state index >= 15 is 0 Å². The molecule has 0 amide bonds. The monoisotopic (exact) mass is 172 g/mol. The smallest absolute Gasteiger partial charge is 0.308 e. The van der Waals surface area contributed by atoms with E-state index in [0.29, 0.717) is 6.54 Å². The maximum atomic E-state index is 13.0. The van der Waals surface area contributed by atoms with Gasteiger partial charge in [0.2, 0.25) is 5.95 Å². The molecular weight excluding hydrogens is 163 g/mol. The van der Waals surface area contributed by atoms with E-state index in [4.69, 9.17) is 5.11 Å². The number of hydrogen-bond donors (Lipinski definition) is 1. The summed E-state index contributed by atoms with van der Waals surface area (Å²) in [5, 5.41) is 12.0. The number of aryl methyl sites for hydroxylation is 1. The molecule has 0 saturated carbocycles. The molecule has 12 heavy (non-hydrogen) atoms. The van der Waals surface area contributed by atoms with Crippen LogP contribution < -0.4 is 0 Å². The SMILES string of the molecule is CCn1ncc(CC(=O)O)c1F. The van der Waals surface area contributed by atoms with E-state index in [9.17, 15) is 9.18 Å². The molecule has 0 aliphatic heterocycles. The third-order valence-corrected chi connectivity index (χ3v) is 1.49. The van der Waals surface area contributed by atoms with Crippen LogP contribution >= 0.6 is 0 Å². The lowest BCUT2D eigenvalue weighted by molar-refractivity contribution is -0.136. The molecule has 0 atom stereocenters. The van der Waals surface area contributed by atoms with Crippen LogP contribution in [0.1, 0.15) is 12.5 Å². The van der Waals surface area contributed by atoms with Crippen LogP contribution in [0.4, 0.5) is 4.39 Å². The van der Waals surface area contributed by atoms with Crippen LogP contribution in [0, 0.1) is 5.95 Å². The Labute approximate surface area is 68.6 Å². The second-order valence-corrected chi connectivity index (χ2v) is 2.35. The summed E-state index contributed by atoms with van der Waals surface area (Å²) in [5.41, 5.74) is 0.129. The molecular formula is C7H9FN2O2. The van der Waals surface area contributed by atoms with Gasteiger partial charge in [0, 0.05) is 12.1 Å². The van der Waals surface area contributed by atoms with Crippen molar-refractivity contribution in [3.8, 4) is 0 Å². The fourth-order valence-corrected chi connectivity index (χ4v) is 0.911. The number of carbonyl (C=O) groups is 1. The van der Waals surface area contributed by atoms with Crippen molar-refractivity contribution in [1.29, 1.82) is 0 Å². The van der Waals surface area contributed by atoms with Crippen molar-refractivity contribution in [2.24, 2.45) is 0 Å². The number of aliphatic carboxylic acids is 1. The molecule has 0 bridgehead atoms. The van der Waals surface area contributed by atoms with Crippen LogP contribution in [0.5, 0.6) is 0 Å². The number of nitrogens with zero attached hydrogens (tertiary/aromatic N) is 2. The van der Waals surface area contributed by atoms with Crippen molar-refractivity contribution in [2.75, 3.05) is 0 Å². The Kier molecular flexibility index (Phi) is 2.42. The number of halogens is 1. The van der Waals surface area contributed by atoms with E-state index in [-0.39, 0.29) is 12.0 Å². The Morgan fingerprint density at radius 1 is 1.83 bits per heavy atom. The molecule has 0 aromatic carbocycles. The highest BCUT2D eigenvalue weighted by Crippen LogP contribution is 2.06. The molecule has 1 aromatic heterocycles. The first-order chi connectivity index (χ1) is 5.65. The fraction of sp³-hybridized carbons (Fsp3) is 0.429. The van der Waals surface area contributed by atoms with Gasteiger partial charge in [-0.15, -0.1) is 0 Å². The lowest BCUT2D eigenvalue weighted by Gasteiger charge is -1.95. The third kappa shape index (κ3) is 1.61. The second kappa shape index (κ2) is 3.34. The number of carboxylic acids is 1. The molecule has 5 heteroatoms. The first kappa shape index (κ1) is 8.70. The number of hydrogen-bond acceptors (Lipinski definition) is 2. The Hall–Kier alpha value is -1.39. The number of carboxylic acid groups (broad SMARTS) is 1. The van der Waals surface area contributed by atoms with Gasteiger partial charge in [-0.2, -0.15) is 9.49 Å². The van der Waals surface area contributed by atoms with E-state index in [0.717, 1.165) is 4.68 Å². The summed E-state index contributed by atoms with van der Waals surface area (Å²) in [5.74, 6) is -1.61. The largest absolute Gasteiger partial charge is 0.481 e. The number of aromatic nitrogens is 2. The summed E-state index contributed by atoms with van der Waals surface area (Å²) in [7, 11) is 0. The van der Waals surface area contributed by atoms with Crippen molar-refractivity contribution in [3.63, 3.8) is 0 Å². The molecule has 1 heterocycles. The Morgan fingerprint density at radius 3 is 2.92 bits per heavy atom. The van der Waals surface area contributed by atoms with Crippen LogP contribution in [0.2, 0.25) is 0 Å². The molecule has 1 rings (SSSR count). The van der Waals surface area contributed by atoms with Gasteiger partial charge >= 0.3 is 5.97 Å². The van der Waals surface area contributed by atoms with E-state index < -0.39 is 11.9 Å². The van der Waals surface area contributed by atoms with Gasteiger partial charge in [-0.05, 0) is 6.92 Å². The molecule has 0 aliphatic rings. The molecule has 0 saturated heterocycles. The zero-order valence-electron chi connectivity index (χ0n) is 6.62. The lowest BCUT2D eigenvalue weighted by atomic mass is 10.2. The van der Waals surface area contributed by atoms with E-state index in [1.165, 1.54) is 6.20 Å². The second-order valence-electron chi connectivity index (χ2n) is 2.35. The van der Waals surface area contributed by atoms with Crippen molar-refractivity contribution < 1.29 is 14.3 Å². The van der Waals surface area contributed by atoms with Crippen LogP contribution in [0.25, 0.3) is 0 Å². The van der Waals surface area contributed by atoms with Crippen molar-refractivity contribution >= 4 is 5.97 Å². The summed E-state index contributed by atoms with van der Waals surface area (Å²) in [4.78, 5) is 10.2. The molecule has 0 spiro atoms. The minimum atomic E-state index is -1.05. The summed E-state index contributed by atoms with van der Waals surface area (Å²) in [6.07, 6.45) is 0.929. The predicted molar refractivity (Wildman–Crippen MR) is 39.2 cm³/mol. The van der Waals surface area contributed by atoms with Crippen LogP contribution in [-0.2, 0) is 17.8 Å². The molecule has 0 aliphatic carbocycles. The van der Waals surface area contributed by atoms with Gasteiger partial charge in [-0.1, -0.05) is 0 Å². The van der Waals surface area contributed by atoms with Gasteiger partial charge in [0.25, 0.3) is 0 Å². The highest BCUT2D eigenvalue weighted by molar-refractivity contribution is 5.69. The van der Waals surface area contributed by atoms with Gasteiger partial charge in [0.05, 0.1) is 12.6 Å². The highest BCUT2D eigenvalue weighted by atomic mass is 19.1. The van der Waals surface area contributed by atoms with E-state index in [2.05, 4.69) is 5.10 Å². The normalized spacial score (nSPS) is 10.2. The maximum Gasteiger partial charge on any atom is 0.308 e. The van der Waals surface area contributed by atoms with Gasteiger partial charge in [0.15, 0.2) is 0 Å². The molecule has 0 fully saturated rings. The third-order valence-electron chi connectivity index (χ3n) is 1.49. The van der Waals surface area contributed by atoms with E-state index in [1.54, 1.807) is 6.92 Å². The van der Waals surface area contributed by atoms with Crippen LogP contribution in [0.3, 0.4) is 0 Å². The quantitative estimate of drug-likeness (QED) is 0.729. The summed E-state index contributed by atoms with van der Waals surface area (Å²) < 4.78 is 14.2. The Balaban J connectivity index is 2.87. The summed E-state index contributed by atoms with van der Waals surface area (Å²) in [6.45, 7) is 2.14. The zero-order chi connectivity index (χ0) is 9.14. The van der Waals surface area contributed by atoms with Crippen molar-refractivity contribution in [1.82, 2.24) is 9.78 Å². The van der Waals surface area contributed by atoms with Gasteiger partial charge < -0.3 is 5.11 Å². The lowest BCUT2D eigenvalue weighted by Crippen LogP contribution is -2.04. The highest BCUT2D eigenvalue weighted by Gasteiger charge is 2.11. The molecule has 1 aromatic rings. The average Bonchev–Trinajstić information content (AvgIpc) is 2.32. The van der Waals surface area contributed by atoms with Crippen LogP contribution in [-0.4, -0.2) is 20.9 Å². The number of rotatable bonds is 3. The molecule has 1 N–H and O–H groups in total. The maximum absolute atomic E-state index is 13.0. The minimum Gasteiger partial charge on any atom is -0.481 e. The summed E-state index contributed by atoms with van der Waals surface area (Å²) in [6, 6.07) is 0. The average molecular weight is 172 g/mol. The summed E-state index contributed by atoms with van der Waals surface area (Å²) >= 11 is 0. The fourth-order valence-electron chi connectivity index (χ4n) is 0.911. The first-order valence-corrected chi connectivity index (χ1v) is 3.57. The first-order valence-electron chi connectivity index (χ1n) is 3.57. The van der Waals surface area contributed by atoms with Gasteiger partial charge in [0.1, 0.15) is 0 Å². The predicted octanol–water partition coefficient (Wildman–Crippen LogP) is 0.669.